The smallest absolute Gasteiger partial charge is 0.322 e. The second-order valence-corrected chi connectivity index (χ2v) is 4.76. The largest absolute Gasteiger partial charge is 0.480 e. The Morgan fingerprint density at radius 1 is 1.13 bits per heavy atom. The van der Waals surface area contributed by atoms with E-state index in [-0.39, 0.29) is 12.5 Å². The van der Waals surface area contributed by atoms with Crippen LogP contribution in [-0.2, 0) is 4.79 Å². The number of nitrogens with one attached hydrogen (secondary N) is 2. The summed E-state index contributed by atoms with van der Waals surface area (Å²) in [6.45, 7) is -0.0801. The van der Waals surface area contributed by atoms with Gasteiger partial charge in [0.1, 0.15) is 12.2 Å². The summed E-state index contributed by atoms with van der Waals surface area (Å²) in [5.74, 6) is 0.0231. The van der Waals surface area contributed by atoms with Gasteiger partial charge in [0.05, 0.1) is 7.11 Å². The molecule has 0 atom stereocenters. The number of likely N-dealkylation sites (N-methyl/N-ethyl adjacent to an activating group) is 1. The molecule has 0 aliphatic carbocycles. The van der Waals surface area contributed by atoms with Gasteiger partial charge in [0.2, 0.25) is 11.8 Å². The van der Waals surface area contributed by atoms with E-state index in [2.05, 4.69) is 15.6 Å². The van der Waals surface area contributed by atoms with E-state index in [0.29, 0.717) is 17.3 Å². The molecule has 2 N–H and O–H groups in total. The topological polar surface area (TPSA) is 83.6 Å². The van der Waals surface area contributed by atoms with E-state index < -0.39 is 6.03 Å². The fraction of sp³-hybridized carbons (Fsp3) is 0.188. The summed E-state index contributed by atoms with van der Waals surface area (Å²) in [5.41, 5.74) is 1.12. The predicted molar refractivity (Wildman–Crippen MR) is 87.5 cm³/mol. The lowest BCUT2D eigenvalue weighted by atomic mass is 10.3. The Morgan fingerprint density at radius 2 is 1.87 bits per heavy atom. The summed E-state index contributed by atoms with van der Waals surface area (Å²) in [7, 11) is 3.00. The molecule has 120 valence electrons. The van der Waals surface area contributed by atoms with Gasteiger partial charge in [-0.2, -0.15) is 0 Å². The molecule has 0 unspecified atom stereocenters. The number of benzene rings is 1. The Labute approximate surface area is 134 Å². The van der Waals surface area contributed by atoms with Crippen LogP contribution in [0, 0.1) is 0 Å². The Bertz CT molecular complexity index is 676. The molecule has 0 fully saturated rings. The lowest BCUT2D eigenvalue weighted by Gasteiger charge is -2.18. The zero-order valence-corrected chi connectivity index (χ0v) is 12.9. The number of para-hydroxylation sites is 1. The van der Waals surface area contributed by atoms with Gasteiger partial charge in [0, 0.05) is 18.9 Å². The SMILES string of the molecule is COc1ncccc1NC(=O)N(C)CC(=O)Nc1ccccc1. The minimum absolute atomic E-state index is 0.0801. The number of urea groups is 1. The van der Waals surface area contributed by atoms with Crippen molar-refractivity contribution in [2.45, 2.75) is 0 Å². The Kier molecular flexibility index (Phi) is 5.51. The maximum absolute atomic E-state index is 12.1. The number of pyridine rings is 1. The average molecular weight is 314 g/mol. The zero-order valence-electron chi connectivity index (χ0n) is 12.9. The molecular weight excluding hydrogens is 296 g/mol. The van der Waals surface area contributed by atoms with Crippen molar-refractivity contribution < 1.29 is 14.3 Å². The Morgan fingerprint density at radius 3 is 2.57 bits per heavy atom. The Hall–Kier alpha value is -3.09. The molecule has 1 heterocycles. The number of hydrogen-bond acceptors (Lipinski definition) is 4. The highest BCUT2D eigenvalue weighted by Gasteiger charge is 2.15. The van der Waals surface area contributed by atoms with Crippen LogP contribution in [0.3, 0.4) is 0 Å². The molecule has 2 aromatic rings. The molecule has 0 saturated carbocycles. The second kappa shape index (κ2) is 7.79. The molecule has 0 bridgehead atoms. The number of aromatic nitrogens is 1. The number of carbonyl (C=O) groups excluding carboxylic acids is 2. The number of rotatable bonds is 5. The molecule has 23 heavy (non-hydrogen) atoms. The summed E-state index contributed by atoms with van der Waals surface area (Å²) >= 11 is 0. The fourth-order valence-corrected chi connectivity index (χ4v) is 1.87. The standard InChI is InChI=1S/C16H18N4O3/c1-20(11-14(21)18-12-7-4-3-5-8-12)16(22)19-13-9-6-10-17-15(13)23-2/h3-10H,11H2,1-2H3,(H,18,21)(H,19,22). The van der Waals surface area contributed by atoms with Crippen molar-refractivity contribution in [2.75, 3.05) is 31.3 Å². The molecule has 0 spiro atoms. The molecule has 1 aromatic heterocycles. The van der Waals surface area contributed by atoms with Gasteiger partial charge in [0.25, 0.3) is 0 Å². The summed E-state index contributed by atoms with van der Waals surface area (Å²) in [6, 6.07) is 12.0. The number of carbonyl (C=O) groups is 2. The number of nitrogens with zero attached hydrogens (tertiary/aromatic N) is 2. The maximum atomic E-state index is 12.1. The van der Waals surface area contributed by atoms with E-state index in [1.165, 1.54) is 19.1 Å². The van der Waals surface area contributed by atoms with E-state index in [1.54, 1.807) is 30.5 Å². The third-order valence-corrected chi connectivity index (χ3v) is 2.99. The van der Waals surface area contributed by atoms with Crippen molar-refractivity contribution >= 4 is 23.3 Å². The van der Waals surface area contributed by atoms with E-state index >= 15 is 0 Å². The van der Waals surface area contributed by atoms with Gasteiger partial charge < -0.3 is 20.3 Å². The van der Waals surface area contributed by atoms with Gasteiger partial charge in [-0.05, 0) is 24.3 Å². The van der Waals surface area contributed by atoms with E-state index in [1.807, 2.05) is 18.2 Å². The highest BCUT2D eigenvalue weighted by Crippen LogP contribution is 2.19. The first kappa shape index (κ1) is 16.3. The minimum atomic E-state index is -0.431. The molecule has 7 nitrogen and oxygen atoms in total. The monoisotopic (exact) mass is 314 g/mol. The van der Waals surface area contributed by atoms with Crippen LogP contribution in [-0.4, -0.2) is 42.5 Å². The van der Waals surface area contributed by atoms with Crippen LogP contribution in [0.1, 0.15) is 0 Å². The first-order valence-corrected chi connectivity index (χ1v) is 6.96. The number of hydrogen-bond donors (Lipinski definition) is 2. The van der Waals surface area contributed by atoms with Gasteiger partial charge in [-0.3, -0.25) is 4.79 Å². The average Bonchev–Trinajstić information content (AvgIpc) is 2.56. The van der Waals surface area contributed by atoms with Crippen LogP contribution in [0.15, 0.2) is 48.7 Å². The first-order chi connectivity index (χ1) is 11.1. The highest BCUT2D eigenvalue weighted by molar-refractivity contribution is 5.97. The molecule has 2 rings (SSSR count). The maximum Gasteiger partial charge on any atom is 0.322 e. The van der Waals surface area contributed by atoms with Crippen LogP contribution in [0.5, 0.6) is 5.88 Å². The van der Waals surface area contributed by atoms with Gasteiger partial charge in [-0.1, -0.05) is 18.2 Å². The second-order valence-electron chi connectivity index (χ2n) is 4.76. The van der Waals surface area contributed by atoms with Crippen LogP contribution in [0.4, 0.5) is 16.2 Å². The van der Waals surface area contributed by atoms with Crippen LogP contribution < -0.4 is 15.4 Å². The number of ether oxygens (including phenoxy) is 1. The van der Waals surface area contributed by atoms with E-state index in [4.69, 9.17) is 4.74 Å². The number of amides is 3. The third-order valence-electron chi connectivity index (χ3n) is 2.99. The van der Waals surface area contributed by atoms with Crippen molar-refractivity contribution in [3.8, 4) is 5.88 Å². The molecule has 1 aromatic carbocycles. The summed E-state index contributed by atoms with van der Waals surface area (Å²) in [6.07, 6.45) is 1.56. The zero-order chi connectivity index (χ0) is 16.7. The minimum Gasteiger partial charge on any atom is -0.480 e. The fourth-order valence-electron chi connectivity index (χ4n) is 1.87. The van der Waals surface area contributed by atoms with Crippen molar-refractivity contribution in [1.29, 1.82) is 0 Å². The normalized spacial score (nSPS) is 9.83. The Balaban J connectivity index is 1.91. The number of methoxy groups -OCH3 is 1. The lowest BCUT2D eigenvalue weighted by Crippen LogP contribution is -2.37. The third kappa shape index (κ3) is 4.70. The predicted octanol–water partition coefficient (Wildman–Crippen LogP) is 2.19. The highest BCUT2D eigenvalue weighted by atomic mass is 16.5. The molecular formula is C16H18N4O3. The summed E-state index contributed by atoms with van der Waals surface area (Å²) < 4.78 is 5.06. The summed E-state index contributed by atoms with van der Waals surface area (Å²) in [4.78, 5) is 29.3. The lowest BCUT2D eigenvalue weighted by molar-refractivity contribution is -0.116. The van der Waals surface area contributed by atoms with Crippen molar-refractivity contribution in [3.63, 3.8) is 0 Å². The van der Waals surface area contributed by atoms with Gasteiger partial charge in [-0.25, -0.2) is 9.78 Å². The van der Waals surface area contributed by atoms with Gasteiger partial charge in [-0.15, -0.1) is 0 Å². The van der Waals surface area contributed by atoms with Crippen molar-refractivity contribution in [3.05, 3.63) is 48.7 Å². The molecule has 0 saturated heterocycles. The van der Waals surface area contributed by atoms with Crippen LogP contribution in [0.2, 0.25) is 0 Å². The van der Waals surface area contributed by atoms with Gasteiger partial charge >= 0.3 is 6.03 Å². The van der Waals surface area contributed by atoms with Crippen LogP contribution >= 0.6 is 0 Å². The quantitative estimate of drug-likeness (QED) is 0.886. The first-order valence-electron chi connectivity index (χ1n) is 6.96. The van der Waals surface area contributed by atoms with E-state index in [0.717, 1.165) is 0 Å². The molecule has 0 aliphatic rings. The van der Waals surface area contributed by atoms with Crippen molar-refractivity contribution in [1.82, 2.24) is 9.88 Å². The van der Waals surface area contributed by atoms with E-state index in [9.17, 15) is 9.59 Å². The van der Waals surface area contributed by atoms with Crippen LogP contribution in [0.25, 0.3) is 0 Å². The van der Waals surface area contributed by atoms with Gasteiger partial charge in [0.15, 0.2) is 0 Å². The van der Waals surface area contributed by atoms with Crippen molar-refractivity contribution in [2.24, 2.45) is 0 Å². The number of anilines is 2. The molecule has 0 radical (unpaired) electrons. The summed E-state index contributed by atoms with van der Waals surface area (Å²) in [5, 5.41) is 5.37. The molecule has 0 aliphatic heterocycles. The molecule has 3 amide bonds. The molecule has 7 heteroatoms.